The van der Waals surface area contributed by atoms with Gasteiger partial charge in [0.1, 0.15) is 6.10 Å². The van der Waals surface area contributed by atoms with E-state index in [0.29, 0.717) is 41.9 Å². The van der Waals surface area contributed by atoms with Gasteiger partial charge in [0.05, 0.1) is 7.11 Å². The zero-order valence-electron chi connectivity index (χ0n) is 23.1. The minimum Gasteiger partial charge on any atom is -0.469 e. The molecular formula is C29H48O6. The molecule has 35 heavy (non-hydrogen) atoms. The number of esters is 2. The number of methoxy groups -OCH3 is 3. The van der Waals surface area contributed by atoms with Crippen molar-refractivity contribution in [2.75, 3.05) is 21.3 Å². The molecule has 0 aromatic rings. The number of fused-ring (bicyclic) bond motifs is 5. The Morgan fingerprint density at radius 1 is 0.971 bits per heavy atom. The summed E-state index contributed by atoms with van der Waals surface area (Å²) < 4.78 is 22.9. The van der Waals surface area contributed by atoms with Gasteiger partial charge in [-0.2, -0.15) is 0 Å². The van der Waals surface area contributed by atoms with Gasteiger partial charge in [-0.05, 0) is 85.9 Å². The van der Waals surface area contributed by atoms with E-state index in [2.05, 4.69) is 20.8 Å². The maximum absolute atomic E-state index is 12.3. The fourth-order valence-corrected chi connectivity index (χ4v) is 9.57. The minimum absolute atomic E-state index is 0.0386. The van der Waals surface area contributed by atoms with Gasteiger partial charge in [0.2, 0.25) is 0 Å². The highest BCUT2D eigenvalue weighted by atomic mass is 16.7. The van der Waals surface area contributed by atoms with Crippen molar-refractivity contribution in [3.8, 4) is 0 Å². The molecule has 4 fully saturated rings. The van der Waals surface area contributed by atoms with Gasteiger partial charge >= 0.3 is 11.9 Å². The van der Waals surface area contributed by atoms with E-state index in [9.17, 15) is 9.59 Å². The van der Waals surface area contributed by atoms with Crippen molar-refractivity contribution in [2.24, 2.45) is 46.3 Å². The largest absolute Gasteiger partial charge is 0.469 e. The molecule has 0 spiro atoms. The van der Waals surface area contributed by atoms with E-state index in [0.717, 1.165) is 38.5 Å². The molecule has 0 aliphatic heterocycles. The molecule has 6 heteroatoms. The highest BCUT2D eigenvalue weighted by Gasteiger charge is 2.65. The van der Waals surface area contributed by atoms with E-state index >= 15 is 0 Å². The van der Waals surface area contributed by atoms with Crippen molar-refractivity contribution in [1.82, 2.24) is 0 Å². The average Bonchev–Trinajstić information content (AvgIpc) is 3.20. The van der Waals surface area contributed by atoms with Crippen LogP contribution in [-0.2, 0) is 28.5 Å². The number of hydrogen-bond acceptors (Lipinski definition) is 6. The Labute approximate surface area is 212 Å². The summed E-state index contributed by atoms with van der Waals surface area (Å²) in [4.78, 5) is 24.2. The molecule has 4 aliphatic carbocycles. The molecule has 4 rings (SSSR count). The summed E-state index contributed by atoms with van der Waals surface area (Å²) in [6, 6.07) is 0. The summed E-state index contributed by atoms with van der Waals surface area (Å²) in [6.45, 7) is 8.76. The van der Waals surface area contributed by atoms with Crippen LogP contribution in [0.4, 0.5) is 0 Å². The summed E-state index contributed by atoms with van der Waals surface area (Å²) in [5.74, 6) is 2.44. The van der Waals surface area contributed by atoms with E-state index in [1.165, 1.54) is 26.4 Å². The molecule has 4 aliphatic rings. The maximum atomic E-state index is 12.3. The zero-order valence-corrected chi connectivity index (χ0v) is 23.1. The molecule has 6 nitrogen and oxygen atoms in total. The van der Waals surface area contributed by atoms with Crippen LogP contribution in [0.2, 0.25) is 0 Å². The lowest BCUT2D eigenvalue weighted by Gasteiger charge is -2.63. The van der Waals surface area contributed by atoms with Crippen LogP contribution in [0.15, 0.2) is 0 Å². The monoisotopic (exact) mass is 492 g/mol. The average molecular weight is 493 g/mol. The fourth-order valence-electron chi connectivity index (χ4n) is 9.57. The Kier molecular flexibility index (Phi) is 7.66. The molecule has 0 bridgehead atoms. The molecule has 0 unspecified atom stereocenters. The molecule has 0 amide bonds. The van der Waals surface area contributed by atoms with Crippen LogP contribution < -0.4 is 0 Å². The zero-order chi connectivity index (χ0) is 25.6. The Morgan fingerprint density at radius 3 is 2.31 bits per heavy atom. The van der Waals surface area contributed by atoms with Crippen LogP contribution in [0, 0.1) is 46.3 Å². The molecule has 9 atom stereocenters. The maximum Gasteiger partial charge on any atom is 0.305 e. The molecule has 0 heterocycles. The molecule has 0 radical (unpaired) electrons. The Balaban J connectivity index is 1.61. The first kappa shape index (κ1) is 26.9. The van der Waals surface area contributed by atoms with Crippen molar-refractivity contribution >= 4 is 11.9 Å². The highest BCUT2D eigenvalue weighted by Crippen LogP contribution is 2.69. The second-order valence-corrected chi connectivity index (χ2v) is 12.7. The standard InChI is InChI=1S/C29H48O6/c1-18(8-13-26(31)32-5)22-11-12-23-21-10-9-20-17-29(33-6,34-7)15-14-27(20,3)24(21)16-25(28(22,23)4)35-19(2)30/h18,20-25H,8-17H2,1-7H3/t18-,20-,21+,22-,23+,24+,25+,27+,28-/m1/s1. The normalized spacial score (nSPS) is 42.8. The Bertz CT molecular complexity index is 792. The first-order chi connectivity index (χ1) is 16.5. The number of carbonyl (C=O) groups excluding carboxylic acids is 2. The lowest BCUT2D eigenvalue weighted by molar-refractivity contribution is -0.266. The third-order valence-corrected chi connectivity index (χ3v) is 11.6. The van der Waals surface area contributed by atoms with Gasteiger partial charge in [-0.3, -0.25) is 9.59 Å². The van der Waals surface area contributed by atoms with Gasteiger partial charge in [-0.15, -0.1) is 0 Å². The quantitative estimate of drug-likeness (QED) is 0.332. The van der Waals surface area contributed by atoms with E-state index in [4.69, 9.17) is 18.9 Å². The van der Waals surface area contributed by atoms with Gasteiger partial charge in [0.15, 0.2) is 5.79 Å². The Hall–Kier alpha value is -1.14. The summed E-state index contributed by atoms with van der Waals surface area (Å²) in [6.07, 6.45) is 9.96. The lowest BCUT2D eigenvalue weighted by atomic mass is 9.43. The van der Waals surface area contributed by atoms with Crippen LogP contribution in [0.25, 0.3) is 0 Å². The predicted octanol–water partition coefficient (Wildman–Crippen LogP) is 5.77. The summed E-state index contributed by atoms with van der Waals surface area (Å²) in [5.41, 5.74) is 0.181. The smallest absolute Gasteiger partial charge is 0.305 e. The molecule has 0 aromatic heterocycles. The van der Waals surface area contributed by atoms with Crippen LogP contribution in [0.5, 0.6) is 0 Å². The first-order valence-corrected chi connectivity index (χ1v) is 13.9. The van der Waals surface area contributed by atoms with Crippen molar-refractivity contribution in [2.45, 2.75) is 104 Å². The molecule has 0 saturated heterocycles. The van der Waals surface area contributed by atoms with Crippen molar-refractivity contribution < 1.29 is 28.5 Å². The minimum atomic E-state index is -0.455. The van der Waals surface area contributed by atoms with E-state index in [1.54, 1.807) is 21.1 Å². The van der Waals surface area contributed by atoms with Crippen LogP contribution in [0.1, 0.15) is 91.9 Å². The van der Waals surface area contributed by atoms with Crippen molar-refractivity contribution in [3.63, 3.8) is 0 Å². The second-order valence-electron chi connectivity index (χ2n) is 12.7. The first-order valence-electron chi connectivity index (χ1n) is 13.9. The second kappa shape index (κ2) is 9.96. The van der Waals surface area contributed by atoms with Gasteiger partial charge in [-0.1, -0.05) is 20.8 Å². The predicted molar refractivity (Wildman–Crippen MR) is 133 cm³/mol. The molecule has 0 aromatic carbocycles. The summed E-state index contributed by atoms with van der Waals surface area (Å²) >= 11 is 0. The molecule has 200 valence electrons. The number of ether oxygens (including phenoxy) is 4. The molecule has 0 N–H and O–H groups in total. The topological polar surface area (TPSA) is 71.1 Å². The van der Waals surface area contributed by atoms with Gasteiger partial charge in [0, 0.05) is 45.8 Å². The van der Waals surface area contributed by atoms with Gasteiger partial charge < -0.3 is 18.9 Å². The lowest BCUT2D eigenvalue weighted by Crippen LogP contribution is -2.60. The van der Waals surface area contributed by atoms with Gasteiger partial charge in [0.25, 0.3) is 0 Å². The van der Waals surface area contributed by atoms with Gasteiger partial charge in [-0.25, -0.2) is 0 Å². The number of carbonyl (C=O) groups is 2. The van der Waals surface area contributed by atoms with E-state index in [1.807, 2.05) is 0 Å². The summed E-state index contributed by atoms with van der Waals surface area (Å²) in [7, 11) is 5.02. The molecule has 4 saturated carbocycles. The Morgan fingerprint density at radius 2 is 1.69 bits per heavy atom. The van der Waals surface area contributed by atoms with Crippen LogP contribution in [-0.4, -0.2) is 45.2 Å². The third-order valence-electron chi connectivity index (χ3n) is 11.6. The number of hydrogen-bond donors (Lipinski definition) is 0. The van der Waals surface area contributed by atoms with E-state index < -0.39 is 5.79 Å². The van der Waals surface area contributed by atoms with Crippen LogP contribution >= 0.6 is 0 Å². The third kappa shape index (κ3) is 4.45. The fraction of sp³-hybridized carbons (Fsp3) is 0.931. The highest BCUT2D eigenvalue weighted by molar-refractivity contribution is 5.69. The van der Waals surface area contributed by atoms with Crippen molar-refractivity contribution in [3.05, 3.63) is 0 Å². The summed E-state index contributed by atoms with van der Waals surface area (Å²) in [5, 5.41) is 0. The number of rotatable bonds is 7. The van der Waals surface area contributed by atoms with E-state index in [-0.39, 0.29) is 28.9 Å². The van der Waals surface area contributed by atoms with Crippen molar-refractivity contribution in [1.29, 1.82) is 0 Å². The SMILES string of the molecule is COC(=O)CC[C@@H](C)[C@H]1CC[C@H]2[C@@H]3CC[C@@H]4CC(OC)(OC)CC[C@]4(C)[C@H]3C[C@H](OC(C)=O)[C@]12C. The molecular weight excluding hydrogens is 444 g/mol. The van der Waals surface area contributed by atoms with Crippen LogP contribution in [0.3, 0.4) is 0 Å².